The highest BCUT2D eigenvalue weighted by molar-refractivity contribution is 7.21. The summed E-state index contributed by atoms with van der Waals surface area (Å²) in [5.74, 6) is 0.849. The number of piperidine rings is 1. The zero-order chi connectivity index (χ0) is 27.1. The zero-order valence-electron chi connectivity index (χ0n) is 20.4. The summed E-state index contributed by atoms with van der Waals surface area (Å²) in [6.07, 6.45) is -0.301. The van der Waals surface area contributed by atoms with Gasteiger partial charge in [0.25, 0.3) is 5.91 Å². The highest BCUT2D eigenvalue weighted by Crippen LogP contribution is 2.46. The molecule has 0 bridgehead atoms. The number of carboxylic acid groups (broad SMARTS) is 1. The maximum atomic E-state index is 13.3. The van der Waals surface area contributed by atoms with Gasteiger partial charge in [-0.1, -0.05) is 18.2 Å². The Morgan fingerprint density at radius 3 is 2.54 bits per heavy atom. The molecule has 4 heterocycles. The van der Waals surface area contributed by atoms with Gasteiger partial charge in [0.2, 0.25) is 0 Å². The predicted molar refractivity (Wildman–Crippen MR) is 145 cm³/mol. The van der Waals surface area contributed by atoms with Crippen LogP contribution in [0, 0.1) is 0 Å². The van der Waals surface area contributed by atoms with Crippen LogP contribution in [0.15, 0.2) is 66.9 Å². The van der Waals surface area contributed by atoms with Crippen LogP contribution < -0.4 is 20.3 Å². The first-order chi connectivity index (χ1) is 18.9. The number of ether oxygens (including phenoxy) is 1. The number of aliphatic hydroxyl groups is 1. The molecule has 1 fully saturated rings. The Balaban J connectivity index is 1.26. The molecule has 0 spiro atoms. The lowest BCUT2D eigenvalue weighted by Gasteiger charge is -2.34. The SMILES string of the molecule is O=C(NC1CCN(C(=O)O)CC1O)c1sc2nccc3c2c1NC(=O)N3c1ccc(Oc2ccccc2)cc1. The van der Waals surface area contributed by atoms with E-state index in [9.17, 15) is 19.5 Å². The summed E-state index contributed by atoms with van der Waals surface area (Å²) in [4.78, 5) is 45.6. The quantitative estimate of drug-likeness (QED) is 0.287. The van der Waals surface area contributed by atoms with Gasteiger partial charge < -0.3 is 30.5 Å². The lowest BCUT2D eigenvalue weighted by molar-refractivity contribution is 0.0393. The monoisotopic (exact) mass is 545 g/mol. The summed E-state index contributed by atoms with van der Waals surface area (Å²) in [5, 5.41) is 25.8. The molecule has 6 rings (SSSR count). The largest absolute Gasteiger partial charge is 0.465 e. The fraction of sp³-hybridized carbons (Fsp3) is 0.185. The van der Waals surface area contributed by atoms with Crippen LogP contribution in [0.3, 0.4) is 0 Å². The van der Waals surface area contributed by atoms with Crippen molar-refractivity contribution in [2.24, 2.45) is 0 Å². The summed E-state index contributed by atoms with van der Waals surface area (Å²) < 4.78 is 5.86. The Bertz CT molecular complexity index is 1580. The Morgan fingerprint density at radius 2 is 1.82 bits per heavy atom. The number of aliphatic hydroxyl groups excluding tert-OH is 1. The number of carbonyl (C=O) groups is 3. The smallest absolute Gasteiger partial charge is 0.407 e. The molecule has 2 aliphatic rings. The van der Waals surface area contributed by atoms with Gasteiger partial charge in [0.15, 0.2) is 0 Å². The number of pyridine rings is 1. The second-order valence-electron chi connectivity index (χ2n) is 9.16. The lowest BCUT2D eigenvalue weighted by atomic mass is 10.0. The third kappa shape index (κ3) is 4.60. The normalized spacial score (nSPS) is 18.5. The van der Waals surface area contributed by atoms with Gasteiger partial charge in [-0.15, -0.1) is 11.3 Å². The molecule has 2 atom stereocenters. The Hall–Kier alpha value is -4.68. The number of carbonyl (C=O) groups excluding carboxylic acids is 2. The molecule has 198 valence electrons. The number of hydrogen-bond acceptors (Lipinski definition) is 7. The molecular formula is C27H23N5O6S. The van der Waals surface area contributed by atoms with Crippen molar-refractivity contribution in [2.75, 3.05) is 23.3 Å². The van der Waals surface area contributed by atoms with Crippen molar-refractivity contribution in [3.63, 3.8) is 0 Å². The minimum absolute atomic E-state index is 0.0911. The molecule has 4 aromatic rings. The molecule has 0 radical (unpaired) electrons. The third-order valence-corrected chi connectivity index (χ3v) is 7.79. The van der Waals surface area contributed by atoms with Gasteiger partial charge in [0.05, 0.1) is 41.1 Å². The van der Waals surface area contributed by atoms with Gasteiger partial charge >= 0.3 is 12.1 Å². The van der Waals surface area contributed by atoms with Crippen LogP contribution in [0.5, 0.6) is 11.5 Å². The van der Waals surface area contributed by atoms with Gasteiger partial charge in [0.1, 0.15) is 21.2 Å². The molecule has 12 heteroatoms. The van der Waals surface area contributed by atoms with Crippen molar-refractivity contribution in [2.45, 2.75) is 18.6 Å². The van der Waals surface area contributed by atoms with Crippen molar-refractivity contribution in [1.82, 2.24) is 15.2 Å². The Kier molecular flexibility index (Phi) is 6.25. The highest BCUT2D eigenvalue weighted by Gasteiger charge is 2.35. The van der Waals surface area contributed by atoms with Crippen LogP contribution >= 0.6 is 11.3 Å². The van der Waals surface area contributed by atoms with Crippen LogP contribution in [0.2, 0.25) is 0 Å². The second kappa shape index (κ2) is 9.89. The number of hydrogen-bond donors (Lipinski definition) is 4. The molecule has 2 unspecified atom stereocenters. The van der Waals surface area contributed by atoms with E-state index in [0.29, 0.717) is 38.8 Å². The topological polar surface area (TPSA) is 144 Å². The number of nitrogens with zero attached hydrogens (tertiary/aromatic N) is 3. The van der Waals surface area contributed by atoms with Crippen molar-refractivity contribution >= 4 is 56.6 Å². The van der Waals surface area contributed by atoms with E-state index in [0.717, 1.165) is 16.2 Å². The molecule has 2 aliphatic heterocycles. The predicted octanol–water partition coefficient (Wildman–Crippen LogP) is 4.62. The van der Waals surface area contributed by atoms with Crippen molar-refractivity contribution in [3.8, 4) is 11.5 Å². The van der Waals surface area contributed by atoms with E-state index in [1.54, 1.807) is 36.5 Å². The molecule has 4 N–H and O–H groups in total. The molecule has 4 amide bonds. The molecule has 1 saturated heterocycles. The molecule has 2 aromatic carbocycles. The fourth-order valence-electron chi connectivity index (χ4n) is 4.80. The Morgan fingerprint density at radius 1 is 1.08 bits per heavy atom. The number of para-hydroxylation sites is 1. The number of aromatic nitrogens is 1. The van der Waals surface area contributed by atoms with Crippen molar-refractivity contribution < 1.29 is 29.3 Å². The van der Waals surface area contributed by atoms with Crippen LogP contribution in [0.4, 0.5) is 26.7 Å². The van der Waals surface area contributed by atoms with E-state index in [4.69, 9.17) is 9.84 Å². The van der Waals surface area contributed by atoms with Crippen molar-refractivity contribution in [3.05, 3.63) is 71.7 Å². The second-order valence-corrected chi connectivity index (χ2v) is 10.2. The van der Waals surface area contributed by atoms with Gasteiger partial charge in [-0.3, -0.25) is 9.69 Å². The maximum Gasteiger partial charge on any atom is 0.407 e. The van der Waals surface area contributed by atoms with Crippen LogP contribution in [0.1, 0.15) is 16.1 Å². The van der Waals surface area contributed by atoms with E-state index in [1.807, 2.05) is 30.3 Å². The van der Waals surface area contributed by atoms with E-state index >= 15 is 0 Å². The first kappa shape index (κ1) is 24.6. The lowest BCUT2D eigenvalue weighted by Crippen LogP contribution is -2.55. The number of nitrogens with one attached hydrogen (secondary N) is 2. The number of rotatable bonds is 5. The highest BCUT2D eigenvalue weighted by atomic mass is 32.1. The molecule has 0 saturated carbocycles. The first-order valence-electron chi connectivity index (χ1n) is 12.2. The van der Waals surface area contributed by atoms with E-state index in [2.05, 4.69) is 15.6 Å². The van der Waals surface area contributed by atoms with Gasteiger partial charge in [-0.2, -0.15) is 0 Å². The van der Waals surface area contributed by atoms with E-state index in [1.165, 1.54) is 4.90 Å². The summed E-state index contributed by atoms with van der Waals surface area (Å²) in [7, 11) is 0. The summed E-state index contributed by atoms with van der Waals surface area (Å²) in [5.41, 5.74) is 1.55. The van der Waals surface area contributed by atoms with Gasteiger partial charge in [-0.05, 0) is 48.9 Å². The number of thiophene rings is 1. The number of anilines is 3. The average Bonchev–Trinajstić information content (AvgIpc) is 3.30. The minimum Gasteiger partial charge on any atom is -0.465 e. The molecule has 0 aliphatic carbocycles. The van der Waals surface area contributed by atoms with Gasteiger partial charge in [0, 0.05) is 12.7 Å². The average molecular weight is 546 g/mol. The number of likely N-dealkylation sites (tertiary alicyclic amines) is 1. The summed E-state index contributed by atoms with van der Waals surface area (Å²) in [6, 6.07) is 17.1. The van der Waals surface area contributed by atoms with Gasteiger partial charge in [-0.25, -0.2) is 14.6 Å². The maximum absolute atomic E-state index is 13.3. The van der Waals surface area contributed by atoms with E-state index < -0.39 is 30.2 Å². The molecule has 39 heavy (non-hydrogen) atoms. The van der Waals surface area contributed by atoms with Crippen molar-refractivity contribution in [1.29, 1.82) is 0 Å². The molecule has 11 nitrogen and oxygen atoms in total. The number of urea groups is 1. The number of β-amino-alcohol motifs (C(OH)–C–C–N with tert-alkyl or cyclic N) is 1. The molecular weight excluding hydrogens is 522 g/mol. The van der Waals surface area contributed by atoms with Crippen LogP contribution in [-0.2, 0) is 0 Å². The minimum atomic E-state index is -1.11. The third-order valence-electron chi connectivity index (χ3n) is 6.69. The zero-order valence-corrected chi connectivity index (χ0v) is 21.2. The van der Waals surface area contributed by atoms with Crippen LogP contribution in [-0.4, -0.2) is 63.4 Å². The Labute approximate surface area is 226 Å². The van der Waals surface area contributed by atoms with Crippen LogP contribution in [0.25, 0.3) is 10.2 Å². The molecule has 2 aromatic heterocycles. The van der Waals surface area contributed by atoms with E-state index in [-0.39, 0.29) is 24.4 Å². The number of benzene rings is 2. The fourth-order valence-corrected chi connectivity index (χ4v) is 5.82. The summed E-state index contributed by atoms with van der Waals surface area (Å²) in [6.45, 7) is 0.106. The standard InChI is InChI=1S/C27H23N5O6S/c33-20-14-31(27(36)37)13-11-18(20)29-24(34)23-22-21-19(10-12-28-25(21)39-23)32(26(35)30-22)15-6-8-17(9-7-15)38-16-4-2-1-3-5-16/h1-10,12,18,20,33H,11,13-14H2,(H,29,34)(H,30,35)(H,36,37). The summed E-state index contributed by atoms with van der Waals surface area (Å²) >= 11 is 1.14. The first-order valence-corrected chi connectivity index (χ1v) is 13.0. The number of amides is 4.